The van der Waals surface area contributed by atoms with E-state index in [0.29, 0.717) is 0 Å². The fourth-order valence-electron chi connectivity index (χ4n) is 2.71. The lowest BCUT2D eigenvalue weighted by atomic mass is 10.2. The van der Waals surface area contributed by atoms with Crippen molar-refractivity contribution in [3.8, 4) is 0 Å². The minimum atomic E-state index is 0.0329. The summed E-state index contributed by atoms with van der Waals surface area (Å²) >= 11 is 3.33. The maximum absolute atomic E-state index is 12.3. The fourth-order valence-corrected chi connectivity index (χ4v) is 2.92. The van der Waals surface area contributed by atoms with E-state index in [1.807, 2.05) is 4.90 Å². The van der Waals surface area contributed by atoms with Crippen LogP contribution in [0.5, 0.6) is 0 Å². The quantitative estimate of drug-likeness (QED) is 0.856. The van der Waals surface area contributed by atoms with E-state index < -0.39 is 0 Å². The molecule has 1 N–H and O–H groups in total. The monoisotopic (exact) mass is 339 g/mol. The van der Waals surface area contributed by atoms with Crippen LogP contribution in [0.15, 0.2) is 16.9 Å². The average Bonchev–Trinajstić information content (AvgIpc) is 3.02. The number of rotatable bonds is 2. The van der Waals surface area contributed by atoms with Gasteiger partial charge >= 0.3 is 0 Å². The third-order valence-electron chi connectivity index (χ3n) is 3.84. The van der Waals surface area contributed by atoms with E-state index in [1.165, 1.54) is 0 Å². The number of hydrogen-bond donors (Lipinski definition) is 1. The highest BCUT2D eigenvalue weighted by molar-refractivity contribution is 9.10. The topological polar surface area (TPSA) is 61.4 Å². The molecule has 108 valence electrons. The number of hydrogen-bond acceptors (Lipinski definition) is 5. The minimum absolute atomic E-state index is 0.0329. The molecule has 3 rings (SSSR count). The van der Waals surface area contributed by atoms with E-state index in [9.17, 15) is 4.79 Å². The summed E-state index contributed by atoms with van der Waals surface area (Å²) < 4.78 is 0.877. The number of amides is 1. The molecule has 2 aliphatic rings. The van der Waals surface area contributed by atoms with E-state index in [4.69, 9.17) is 0 Å². The first kappa shape index (κ1) is 13.8. The first-order valence-corrected chi connectivity index (χ1v) is 7.78. The smallest absolute Gasteiger partial charge is 0.239 e. The van der Waals surface area contributed by atoms with Crippen LogP contribution in [-0.2, 0) is 4.79 Å². The van der Waals surface area contributed by atoms with Crippen molar-refractivity contribution in [1.82, 2.24) is 20.2 Å². The van der Waals surface area contributed by atoms with Crippen LogP contribution in [0.4, 0.5) is 5.95 Å². The van der Waals surface area contributed by atoms with Gasteiger partial charge in [0, 0.05) is 38.6 Å². The maximum Gasteiger partial charge on any atom is 0.239 e. The van der Waals surface area contributed by atoms with Crippen molar-refractivity contribution in [3.63, 3.8) is 0 Å². The molecule has 7 heteroatoms. The summed E-state index contributed by atoms with van der Waals surface area (Å²) in [6.45, 7) is 4.04. The van der Waals surface area contributed by atoms with Gasteiger partial charge in [0.25, 0.3) is 0 Å². The second-order valence-corrected chi connectivity index (χ2v) is 6.08. The normalized spacial score (nSPS) is 23.1. The van der Waals surface area contributed by atoms with Gasteiger partial charge in [-0.05, 0) is 35.3 Å². The SMILES string of the molecule is O=C([C@H]1CCCN1)N1CCN(c2ncc(Br)cn2)CC1. The van der Waals surface area contributed by atoms with Gasteiger partial charge in [0.2, 0.25) is 11.9 Å². The molecule has 2 fully saturated rings. The van der Waals surface area contributed by atoms with Crippen LogP contribution >= 0.6 is 15.9 Å². The molecule has 0 spiro atoms. The van der Waals surface area contributed by atoms with Gasteiger partial charge in [-0.25, -0.2) is 9.97 Å². The van der Waals surface area contributed by atoms with Gasteiger partial charge in [-0.2, -0.15) is 0 Å². The lowest BCUT2D eigenvalue weighted by Gasteiger charge is -2.35. The molecule has 0 aliphatic carbocycles. The van der Waals surface area contributed by atoms with Gasteiger partial charge in [-0.3, -0.25) is 4.79 Å². The van der Waals surface area contributed by atoms with E-state index in [0.717, 1.165) is 56.0 Å². The molecule has 1 aromatic rings. The molecule has 1 amide bonds. The fraction of sp³-hybridized carbons (Fsp3) is 0.615. The van der Waals surface area contributed by atoms with Crippen LogP contribution in [0.3, 0.4) is 0 Å². The summed E-state index contributed by atoms with van der Waals surface area (Å²) in [6.07, 6.45) is 5.57. The summed E-state index contributed by atoms with van der Waals surface area (Å²) in [5.41, 5.74) is 0. The second-order valence-electron chi connectivity index (χ2n) is 5.16. The van der Waals surface area contributed by atoms with Gasteiger partial charge in [0.1, 0.15) is 0 Å². The number of piperazine rings is 1. The Labute approximate surface area is 126 Å². The van der Waals surface area contributed by atoms with E-state index >= 15 is 0 Å². The van der Waals surface area contributed by atoms with E-state index in [2.05, 4.69) is 36.1 Å². The zero-order chi connectivity index (χ0) is 13.9. The molecule has 20 heavy (non-hydrogen) atoms. The average molecular weight is 340 g/mol. The Kier molecular flexibility index (Phi) is 4.16. The second kappa shape index (κ2) is 6.05. The Morgan fingerprint density at radius 1 is 1.25 bits per heavy atom. The number of carbonyl (C=O) groups is 1. The van der Waals surface area contributed by atoms with Gasteiger partial charge in [0.15, 0.2) is 0 Å². The highest BCUT2D eigenvalue weighted by Gasteiger charge is 2.29. The third-order valence-corrected chi connectivity index (χ3v) is 4.25. The van der Waals surface area contributed by atoms with Crippen LogP contribution in [-0.4, -0.2) is 59.5 Å². The standard InChI is InChI=1S/C13H18BrN5O/c14-10-8-16-13(17-9-10)19-6-4-18(5-7-19)12(20)11-2-1-3-15-11/h8-9,11,15H,1-7H2/t11-/m1/s1. The Balaban J connectivity index is 1.56. The molecule has 6 nitrogen and oxygen atoms in total. The molecule has 0 aromatic carbocycles. The van der Waals surface area contributed by atoms with Crippen molar-refractivity contribution in [2.75, 3.05) is 37.6 Å². The largest absolute Gasteiger partial charge is 0.338 e. The number of nitrogens with one attached hydrogen (secondary N) is 1. The summed E-state index contributed by atoms with van der Waals surface area (Å²) in [5.74, 6) is 0.984. The summed E-state index contributed by atoms with van der Waals surface area (Å²) in [5, 5.41) is 3.27. The van der Waals surface area contributed by atoms with Crippen molar-refractivity contribution in [2.24, 2.45) is 0 Å². The molecular weight excluding hydrogens is 322 g/mol. The van der Waals surface area contributed by atoms with Gasteiger partial charge < -0.3 is 15.1 Å². The maximum atomic E-state index is 12.3. The first-order chi connectivity index (χ1) is 9.74. The predicted octanol–water partition coefficient (Wildman–Crippen LogP) is 0.640. The van der Waals surface area contributed by atoms with Crippen LogP contribution in [0, 0.1) is 0 Å². The summed E-state index contributed by atoms with van der Waals surface area (Å²) in [4.78, 5) is 25.0. The lowest BCUT2D eigenvalue weighted by molar-refractivity contribution is -0.133. The van der Waals surface area contributed by atoms with Crippen molar-refractivity contribution in [2.45, 2.75) is 18.9 Å². The van der Waals surface area contributed by atoms with Crippen LogP contribution in [0.2, 0.25) is 0 Å². The number of nitrogens with zero attached hydrogens (tertiary/aromatic N) is 4. The highest BCUT2D eigenvalue weighted by Crippen LogP contribution is 2.15. The number of carbonyl (C=O) groups excluding carboxylic acids is 1. The van der Waals surface area contributed by atoms with Crippen molar-refractivity contribution in [1.29, 1.82) is 0 Å². The lowest BCUT2D eigenvalue weighted by Crippen LogP contribution is -2.53. The molecule has 0 saturated carbocycles. The molecule has 0 unspecified atom stereocenters. The molecule has 2 saturated heterocycles. The number of halogens is 1. The first-order valence-electron chi connectivity index (χ1n) is 6.99. The van der Waals surface area contributed by atoms with Crippen molar-refractivity contribution < 1.29 is 4.79 Å². The minimum Gasteiger partial charge on any atom is -0.338 e. The predicted molar refractivity (Wildman–Crippen MR) is 79.5 cm³/mol. The van der Waals surface area contributed by atoms with E-state index in [1.54, 1.807) is 12.4 Å². The van der Waals surface area contributed by atoms with Crippen molar-refractivity contribution >= 4 is 27.8 Å². The van der Waals surface area contributed by atoms with Gasteiger partial charge in [0.05, 0.1) is 10.5 Å². The zero-order valence-corrected chi connectivity index (χ0v) is 12.8. The Morgan fingerprint density at radius 3 is 2.55 bits per heavy atom. The number of aromatic nitrogens is 2. The third kappa shape index (κ3) is 2.93. The van der Waals surface area contributed by atoms with Crippen LogP contribution in [0.1, 0.15) is 12.8 Å². The van der Waals surface area contributed by atoms with Crippen molar-refractivity contribution in [3.05, 3.63) is 16.9 Å². The Hall–Kier alpha value is -1.21. The van der Waals surface area contributed by atoms with E-state index in [-0.39, 0.29) is 11.9 Å². The molecule has 0 radical (unpaired) electrons. The molecule has 1 aromatic heterocycles. The molecule has 3 heterocycles. The molecule has 2 aliphatic heterocycles. The molecule has 1 atom stereocenters. The summed E-state index contributed by atoms with van der Waals surface area (Å²) in [6, 6.07) is 0.0329. The molecular formula is C13H18BrN5O. The Morgan fingerprint density at radius 2 is 1.95 bits per heavy atom. The van der Waals surface area contributed by atoms with Gasteiger partial charge in [-0.1, -0.05) is 0 Å². The summed E-state index contributed by atoms with van der Waals surface area (Å²) in [7, 11) is 0. The molecule has 0 bridgehead atoms. The van der Waals surface area contributed by atoms with Crippen LogP contribution in [0.25, 0.3) is 0 Å². The van der Waals surface area contributed by atoms with Crippen LogP contribution < -0.4 is 10.2 Å². The Bertz CT molecular complexity index is 466. The highest BCUT2D eigenvalue weighted by atomic mass is 79.9. The van der Waals surface area contributed by atoms with Gasteiger partial charge in [-0.15, -0.1) is 0 Å². The number of anilines is 1. The zero-order valence-electron chi connectivity index (χ0n) is 11.3.